The number of hydroxylamine groups is 1. The van der Waals surface area contributed by atoms with Crippen molar-refractivity contribution in [1.29, 1.82) is 0 Å². The molecule has 0 heterocycles. The molecule has 2 rings (SSSR count). The summed E-state index contributed by atoms with van der Waals surface area (Å²) in [6, 6.07) is 6.62. The lowest BCUT2D eigenvalue weighted by atomic mass is 10.1. The topological polar surface area (TPSA) is 30.5 Å². The molecule has 0 saturated carbocycles. The molecular weight excluding hydrogens is 270 g/mol. The molecule has 3 nitrogen and oxygen atoms in total. The highest BCUT2D eigenvalue weighted by Crippen LogP contribution is 2.35. The highest BCUT2D eigenvalue weighted by atomic mass is 79.9. The second-order valence-corrected chi connectivity index (χ2v) is 4.71. The van der Waals surface area contributed by atoms with Crippen LogP contribution in [0.2, 0.25) is 0 Å². The number of nitrogens with one attached hydrogen (secondary N) is 1. The summed E-state index contributed by atoms with van der Waals surface area (Å²) in [6.45, 7) is 1.20. The predicted molar refractivity (Wildman–Crippen MR) is 66.2 cm³/mol. The van der Waals surface area contributed by atoms with Crippen molar-refractivity contribution in [3.8, 4) is 0 Å². The van der Waals surface area contributed by atoms with Crippen LogP contribution in [0.15, 0.2) is 22.7 Å². The summed E-state index contributed by atoms with van der Waals surface area (Å²) in [6.07, 6.45) is 2.19. The van der Waals surface area contributed by atoms with Gasteiger partial charge in [-0.2, -0.15) is 5.48 Å². The molecule has 88 valence electrons. The third-order valence-corrected chi connectivity index (χ3v) is 3.57. The van der Waals surface area contributed by atoms with Gasteiger partial charge < -0.3 is 4.74 Å². The Morgan fingerprint density at radius 1 is 1.44 bits per heavy atom. The number of rotatable bonds is 5. The molecule has 0 fully saturated rings. The van der Waals surface area contributed by atoms with Crippen molar-refractivity contribution < 1.29 is 9.57 Å². The maximum atomic E-state index is 5.36. The van der Waals surface area contributed by atoms with E-state index in [-0.39, 0.29) is 0 Å². The first kappa shape index (κ1) is 12.0. The van der Waals surface area contributed by atoms with Gasteiger partial charge in [0, 0.05) is 11.6 Å². The number of fused-ring (bicyclic) bond motifs is 1. The first-order valence-electron chi connectivity index (χ1n) is 5.46. The van der Waals surface area contributed by atoms with Crippen molar-refractivity contribution in [3.05, 3.63) is 33.8 Å². The van der Waals surface area contributed by atoms with E-state index in [4.69, 9.17) is 9.57 Å². The lowest BCUT2D eigenvalue weighted by molar-refractivity contribution is -0.0121. The molecule has 16 heavy (non-hydrogen) atoms. The zero-order valence-corrected chi connectivity index (χ0v) is 10.9. The van der Waals surface area contributed by atoms with Crippen LogP contribution in [0.4, 0.5) is 0 Å². The van der Waals surface area contributed by atoms with Crippen LogP contribution in [0, 0.1) is 0 Å². The van der Waals surface area contributed by atoms with Crippen LogP contribution >= 0.6 is 15.9 Å². The summed E-state index contributed by atoms with van der Waals surface area (Å²) < 4.78 is 6.12. The van der Waals surface area contributed by atoms with E-state index < -0.39 is 0 Å². The minimum Gasteiger partial charge on any atom is -0.382 e. The predicted octanol–water partition coefficient (Wildman–Crippen LogP) is 2.60. The van der Waals surface area contributed by atoms with Gasteiger partial charge >= 0.3 is 0 Å². The standard InChI is InChI=1S/C12H16BrNO2/c1-15-7-8-16-14-12-6-5-9-10(12)3-2-4-11(9)13/h2-4,12,14H,5-8H2,1H3. The van der Waals surface area contributed by atoms with Crippen molar-refractivity contribution >= 4 is 15.9 Å². The van der Waals surface area contributed by atoms with Crippen molar-refractivity contribution in [2.24, 2.45) is 0 Å². The second-order valence-electron chi connectivity index (χ2n) is 3.86. The van der Waals surface area contributed by atoms with Gasteiger partial charge in [-0.05, 0) is 30.0 Å². The number of hydrogen-bond acceptors (Lipinski definition) is 3. The molecule has 1 aromatic carbocycles. The van der Waals surface area contributed by atoms with Gasteiger partial charge in [-0.25, -0.2) is 0 Å². The molecule has 1 aliphatic carbocycles. The maximum absolute atomic E-state index is 5.36. The van der Waals surface area contributed by atoms with Gasteiger partial charge in [0.25, 0.3) is 0 Å². The Balaban J connectivity index is 1.93. The van der Waals surface area contributed by atoms with E-state index in [9.17, 15) is 0 Å². The molecular formula is C12H16BrNO2. The van der Waals surface area contributed by atoms with Crippen LogP contribution in [0.1, 0.15) is 23.6 Å². The number of methoxy groups -OCH3 is 1. The second kappa shape index (κ2) is 5.77. The Labute approximate surface area is 104 Å². The molecule has 1 aliphatic rings. The summed E-state index contributed by atoms with van der Waals surface area (Å²) in [7, 11) is 1.67. The van der Waals surface area contributed by atoms with E-state index in [1.807, 2.05) is 0 Å². The molecule has 0 bridgehead atoms. The summed E-state index contributed by atoms with van der Waals surface area (Å²) in [5.74, 6) is 0. The average Bonchev–Trinajstić information content (AvgIpc) is 2.70. The minimum atomic E-state index is 0.310. The van der Waals surface area contributed by atoms with Gasteiger partial charge in [0.05, 0.1) is 19.3 Å². The minimum absolute atomic E-state index is 0.310. The smallest absolute Gasteiger partial charge is 0.0916 e. The molecule has 0 aliphatic heterocycles. The van der Waals surface area contributed by atoms with Crippen molar-refractivity contribution in [2.75, 3.05) is 20.3 Å². The normalized spacial score (nSPS) is 18.8. The zero-order valence-electron chi connectivity index (χ0n) is 9.33. The molecule has 0 amide bonds. The van der Waals surface area contributed by atoms with E-state index in [2.05, 4.69) is 39.6 Å². The van der Waals surface area contributed by atoms with E-state index >= 15 is 0 Å². The van der Waals surface area contributed by atoms with Crippen LogP contribution in [-0.4, -0.2) is 20.3 Å². The van der Waals surface area contributed by atoms with Crippen LogP contribution < -0.4 is 5.48 Å². The fourth-order valence-corrected chi connectivity index (χ4v) is 2.60. The molecule has 0 spiro atoms. The van der Waals surface area contributed by atoms with Gasteiger partial charge in [-0.15, -0.1) is 0 Å². The molecule has 1 aromatic rings. The van der Waals surface area contributed by atoms with E-state index in [0.717, 1.165) is 12.8 Å². The summed E-state index contributed by atoms with van der Waals surface area (Å²) in [4.78, 5) is 5.36. The first-order chi connectivity index (χ1) is 7.83. The fourth-order valence-electron chi connectivity index (χ4n) is 2.02. The molecule has 1 N–H and O–H groups in total. The SMILES string of the molecule is COCCONC1CCc2c(Br)cccc21. The Hall–Kier alpha value is -0.420. The van der Waals surface area contributed by atoms with E-state index in [1.54, 1.807) is 7.11 Å². The van der Waals surface area contributed by atoms with E-state index in [1.165, 1.54) is 15.6 Å². The highest BCUT2D eigenvalue weighted by Gasteiger charge is 2.23. The van der Waals surface area contributed by atoms with Gasteiger partial charge in [-0.3, -0.25) is 4.84 Å². The number of benzene rings is 1. The molecule has 4 heteroatoms. The summed E-state index contributed by atoms with van der Waals surface area (Å²) >= 11 is 3.58. The molecule has 1 atom stereocenters. The van der Waals surface area contributed by atoms with Gasteiger partial charge in [0.2, 0.25) is 0 Å². The Morgan fingerprint density at radius 3 is 3.12 bits per heavy atom. The van der Waals surface area contributed by atoms with Gasteiger partial charge in [0.15, 0.2) is 0 Å². The third-order valence-electron chi connectivity index (χ3n) is 2.83. The quantitative estimate of drug-likeness (QED) is 0.666. The van der Waals surface area contributed by atoms with Crippen molar-refractivity contribution in [1.82, 2.24) is 5.48 Å². The van der Waals surface area contributed by atoms with E-state index in [0.29, 0.717) is 19.3 Å². The highest BCUT2D eigenvalue weighted by molar-refractivity contribution is 9.10. The Morgan fingerprint density at radius 2 is 2.31 bits per heavy atom. The third kappa shape index (κ3) is 2.63. The van der Waals surface area contributed by atoms with Gasteiger partial charge in [-0.1, -0.05) is 28.1 Å². The molecule has 1 unspecified atom stereocenters. The maximum Gasteiger partial charge on any atom is 0.0916 e. The van der Waals surface area contributed by atoms with Crippen LogP contribution in [0.25, 0.3) is 0 Å². The van der Waals surface area contributed by atoms with Crippen LogP contribution in [-0.2, 0) is 16.0 Å². The first-order valence-corrected chi connectivity index (χ1v) is 6.25. The summed E-state index contributed by atoms with van der Waals surface area (Å²) in [5.41, 5.74) is 5.84. The largest absolute Gasteiger partial charge is 0.382 e. The molecule has 0 aromatic heterocycles. The fraction of sp³-hybridized carbons (Fsp3) is 0.500. The lowest BCUT2D eigenvalue weighted by Gasteiger charge is -2.13. The van der Waals surface area contributed by atoms with Crippen molar-refractivity contribution in [2.45, 2.75) is 18.9 Å². The Kier molecular flexibility index (Phi) is 4.35. The van der Waals surface area contributed by atoms with Crippen LogP contribution in [0.5, 0.6) is 0 Å². The van der Waals surface area contributed by atoms with Crippen LogP contribution in [0.3, 0.4) is 0 Å². The number of halogens is 1. The molecule has 0 saturated heterocycles. The van der Waals surface area contributed by atoms with Gasteiger partial charge in [0.1, 0.15) is 0 Å². The zero-order chi connectivity index (χ0) is 11.4. The Bertz CT molecular complexity index is 357. The molecule has 0 radical (unpaired) electrons. The number of hydrogen-bond donors (Lipinski definition) is 1. The monoisotopic (exact) mass is 285 g/mol. The van der Waals surface area contributed by atoms with Crippen molar-refractivity contribution in [3.63, 3.8) is 0 Å². The summed E-state index contributed by atoms with van der Waals surface area (Å²) in [5, 5.41) is 0. The lowest BCUT2D eigenvalue weighted by Crippen LogP contribution is -2.21. The average molecular weight is 286 g/mol. The number of ether oxygens (including phenoxy) is 1.